The van der Waals surface area contributed by atoms with E-state index in [1.54, 1.807) is 0 Å². The van der Waals surface area contributed by atoms with Crippen molar-refractivity contribution in [1.29, 1.82) is 0 Å². The molecule has 20 heavy (non-hydrogen) atoms. The van der Waals surface area contributed by atoms with Gasteiger partial charge in [-0.05, 0) is 66.1 Å². The van der Waals surface area contributed by atoms with Crippen LogP contribution in [0.5, 0.6) is 0 Å². The summed E-state index contributed by atoms with van der Waals surface area (Å²) in [7, 11) is -3.59. The number of benzene rings is 1. The first-order chi connectivity index (χ1) is 9.42. The molecule has 1 fully saturated rings. The van der Waals surface area contributed by atoms with E-state index in [2.05, 4.69) is 4.72 Å². The smallest absolute Gasteiger partial charge is 0.301 e. The zero-order valence-corrected chi connectivity index (χ0v) is 13.8. The molecule has 0 atom stereocenters. The zero-order chi connectivity index (χ0) is 14.8. The van der Waals surface area contributed by atoms with Gasteiger partial charge in [-0.2, -0.15) is 12.7 Å². The van der Waals surface area contributed by atoms with E-state index < -0.39 is 10.2 Å². The van der Waals surface area contributed by atoms with Crippen molar-refractivity contribution in [3.8, 4) is 0 Å². The molecule has 0 saturated carbocycles. The van der Waals surface area contributed by atoms with Gasteiger partial charge in [-0.15, -0.1) is 0 Å². The highest BCUT2D eigenvalue weighted by atomic mass is 127. The van der Waals surface area contributed by atoms with Gasteiger partial charge in [0.15, 0.2) is 0 Å². The highest BCUT2D eigenvalue weighted by Gasteiger charge is 2.27. The Bertz CT molecular complexity index is 574. The number of rotatable bonds is 4. The molecular formula is C12H17FIN3O2S. The molecule has 5 nitrogen and oxygen atoms in total. The topological polar surface area (TPSA) is 75.4 Å². The molecule has 0 spiro atoms. The van der Waals surface area contributed by atoms with Gasteiger partial charge < -0.3 is 5.73 Å². The third-order valence-corrected chi connectivity index (χ3v) is 5.83. The van der Waals surface area contributed by atoms with Crippen molar-refractivity contribution in [2.24, 2.45) is 11.7 Å². The fourth-order valence-electron chi connectivity index (χ4n) is 2.16. The molecule has 1 heterocycles. The van der Waals surface area contributed by atoms with Gasteiger partial charge in [0.05, 0.1) is 5.69 Å². The van der Waals surface area contributed by atoms with Crippen LogP contribution in [-0.4, -0.2) is 32.4 Å². The Kier molecular flexibility index (Phi) is 5.21. The molecule has 1 aliphatic rings. The Morgan fingerprint density at radius 3 is 2.60 bits per heavy atom. The van der Waals surface area contributed by atoms with Crippen molar-refractivity contribution in [3.05, 3.63) is 27.6 Å². The van der Waals surface area contributed by atoms with Gasteiger partial charge in [0.2, 0.25) is 0 Å². The lowest BCUT2D eigenvalue weighted by molar-refractivity contribution is 0.280. The van der Waals surface area contributed by atoms with Crippen LogP contribution in [0.4, 0.5) is 10.1 Å². The van der Waals surface area contributed by atoms with Gasteiger partial charge in [0, 0.05) is 16.7 Å². The average molecular weight is 413 g/mol. The van der Waals surface area contributed by atoms with E-state index in [4.69, 9.17) is 5.73 Å². The number of nitrogens with zero attached hydrogens (tertiary/aromatic N) is 1. The summed E-state index contributed by atoms with van der Waals surface area (Å²) in [6, 6.07) is 3.96. The van der Waals surface area contributed by atoms with Crippen molar-refractivity contribution in [3.63, 3.8) is 0 Å². The van der Waals surface area contributed by atoms with Crippen LogP contribution in [0, 0.1) is 15.3 Å². The minimum Gasteiger partial charge on any atom is -0.330 e. The number of hydrogen-bond donors (Lipinski definition) is 2. The molecule has 8 heteroatoms. The van der Waals surface area contributed by atoms with E-state index in [0.29, 0.717) is 34.8 Å². The largest absolute Gasteiger partial charge is 0.330 e. The molecule has 2 rings (SSSR count). The van der Waals surface area contributed by atoms with Crippen molar-refractivity contribution in [2.75, 3.05) is 24.4 Å². The van der Waals surface area contributed by atoms with E-state index in [0.717, 1.165) is 12.8 Å². The van der Waals surface area contributed by atoms with Crippen molar-refractivity contribution in [2.45, 2.75) is 12.8 Å². The van der Waals surface area contributed by atoms with Gasteiger partial charge in [0.1, 0.15) is 5.82 Å². The molecule has 112 valence electrons. The van der Waals surface area contributed by atoms with Crippen molar-refractivity contribution in [1.82, 2.24) is 4.31 Å². The molecule has 1 aliphatic heterocycles. The highest BCUT2D eigenvalue weighted by molar-refractivity contribution is 14.1. The molecule has 0 radical (unpaired) electrons. The van der Waals surface area contributed by atoms with Crippen LogP contribution in [0.25, 0.3) is 0 Å². The number of nitrogens with one attached hydrogen (secondary N) is 1. The number of halogens is 2. The Labute approximate surface area is 132 Å². The summed E-state index contributed by atoms with van der Waals surface area (Å²) in [5.41, 5.74) is 5.99. The van der Waals surface area contributed by atoms with Crippen LogP contribution in [0.2, 0.25) is 0 Å². The number of nitrogens with two attached hydrogens (primary N) is 1. The summed E-state index contributed by atoms with van der Waals surface area (Å²) in [6.45, 7) is 1.53. The first-order valence-corrected chi connectivity index (χ1v) is 8.87. The van der Waals surface area contributed by atoms with E-state index >= 15 is 0 Å². The standard InChI is InChI=1S/C12H17FIN3O2S/c13-10-1-2-12(11(14)7-10)16-20(18,19)17-5-3-9(8-15)4-6-17/h1-2,7,9,16H,3-6,8,15H2. The van der Waals surface area contributed by atoms with Crippen molar-refractivity contribution >= 4 is 38.5 Å². The average Bonchev–Trinajstić information content (AvgIpc) is 2.42. The highest BCUT2D eigenvalue weighted by Crippen LogP contribution is 2.23. The lowest BCUT2D eigenvalue weighted by Gasteiger charge is -2.30. The molecule has 1 aromatic rings. The fraction of sp³-hybridized carbons (Fsp3) is 0.500. The molecule has 3 N–H and O–H groups in total. The molecule has 0 bridgehead atoms. The molecule has 1 saturated heterocycles. The minimum atomic E-state index is -3.59. The van der Waals surface area contributed by atoms with E-state index in [1.807, 2.05) is 22.6 Å². The fourth-order valence-corrected chi connectivity index (χ4v) is 4.23. The maximum Gasteiger partial charge on any atom is 0.301 e. The second kappa shape index (κ2) is 6.54. The van der Waals surface area contributed by atoms with Crippen molar-refractivity contribution < 1.29 is 12.8 Å². The van der Waals surface area contributed by atoms with Crippen LogP contribution < -0.4 is 10.5 Å². The minimum absolute atomic E-state index is 0.388. The van der Waals surface area contributed by atoms with Crippen LogP contribution >= 0.6 is 22.6 Å². The Balaban J connectivity index is 2.08. The SMILES string of the molecule is NCC1CCN(S(=O)(=O)Nc2ccc(F)cc2I)CC1. The van der Waals surface area contributed by atoms with Crippen LogP contribution in [0.1, 0.15) is 12.8 Å². The summed E-state index contributed by atoms with van der Waals surface area (Å²) < 4.78 is 42.0. The predicted octanol–water partition coefficient (Wildman–Crippen LogP) is 1.76. The van der Waals surface area contributed by atoms with Gasteiger partial charge in [-0.3, -0.25) is 4.72 Å². The quantitative estimate of drug-likeness (QED) is 0.739. The Morgan fingerprint density at radius 1 is 1.40 bits per heavy atom. The first kappa shape index (κ1) is 15.9. The van der Waals surface area contributed by atoms with Gasteiger partial charge in [-0.1, -0.05) is 0 Å². The lowest BCUT2D eigenvalue weighted by atomic mass is 9.99. The predicted molar refractivity (Wildman–Crippen MR) is 85.0 cm³/mol. The summed E-state index contributed by atoms with van der Waals surface area (Å²) in [6.07, 6.45) is 1.55. The zero-order valence-electron chi connectivity index (χ0n) is 10.9. The summed E-state index contributed by atoms with van der Waals surface area (Å²) >= 11 is 1.90. The monoisotopic (exact) mass is 413 g/mol. The first-order valence-electron chi connectivity index (χ1n) is 6.35. The lowest BCUT2D eigenvalue weighted by Crippen LogP contribution is -2.42. The maximum absolute atomic E-state index is 13.0. The summed E-state index contributed by atoms with van der Waals surface area (Å²) in [5.74, 6) is 0.00788. The van der Waals surface area contributed by atoms with Crippen LogP contribution in [0.15, 0.2) is 18.2 Å². The summed E-state index contributed by atoms with van der Waals surface area (Å²) in [4.78, 5) is 0. The van der Waals surface area contributed by atoms with Gasteiger partial charge in [-0.25, -0.2) is 4.39 Å². The third-order valence-electron chi connectivity index (χ3n) is 3.42. The molecule has 0 unspecified atom stereocenters. The summed E-state index contributed by atoms with van der Waals surface area (Å²) in [5, 5.41) is 0. The van der Waals surface area contributed by atoms with Gasteiger partial charge >= 0.3 is 10.2 Å². The number of hydrogen-bond acceptors (Lipinski definition) is 3. The molecule has 0 aliphatic carbocycles. The molecule has 0 aromatic heterocycles. The second-order valence-electron chi connectivity index (χ2n) is 4.81. The van der Waals surface area contributed by atoms with Crippen LogP contribution in [-0.2, 0) is 10.2 Å². The Morgan fingerprint density at radius 2 is 2.05 bits per heavy atom. The van der Waals surface area contributed by atoms with Gasteiger partial charge in [0.25, 0.3) is 0 Å². The van der Waals surface area contributed by atoms with E-state index in [-0.39, 0.29) is 5.82 Å². The number of piperidine rings is 1. The van der Waals surface area contributed by atoms with Crippen LogP contribution in [0.3, 0.4) is 0 Å². The third kappa shape index (κ3) is 3.80. The normalized spacial score (nSPS) is 18.1. The maximum atomic E-state index is 13.0. The van der Waals surface area contributed by atoms with E-state index in [9.17, 15) is 12.8 Å². The second-order valence-corrected chi connectivity index (χ2v) is 7.64. The Hall–Kier alpha value is -0.450. The number of anilines is 1. The molecule has 1 aromatic carbocycles. The molecular weight excluding hydrogens is 396 g/mol. The van der Waals surface area contributed by atoms with E-state index in [1.165, 1.54) is 22.5 Å². The molecule has 0 amide bonds.